The van der Waals surface area contributed by atoms with E-state index in [9.17, 15) is 16.8 Å². The summed E-state index contributed by atoms with van der Waals surface area (Å²) in [5, 5.41) is 0. The van der Waals surface area contributed by atoms with Gasteiger partial charge in [0.2, 0.25) is 0 Å². The Hall–Kier alpha value is -1.66. The number of sulfone groups is 2. The van der Waals surface area contributed by atoms with Crippen molar-refractivity contribution in [1.82, 2.24) is 0 Å². The van der Waals surface area contributed by atoms with Gasteiger partial charge in [0.1, 0.15) is 0 Å². The van der Waals surface area contributed by atoms with Gasteiger partial charge in [0, 0.05) is 0 Å². The molecule has 0 bridgehead atoms. The normalized spacial score (nSPS) is 12.3. The van der Waals surface area contributed by atoms with Crippen molar-refractivity contribution in [1.29, 1.82) is 0 Å². The van der Waals surface area contributed by atoms with Crippen LogP contribution in [0.4, 0.5) is 0 Å². The molecule has 0 aromatic heterocycles. The Morgan fingerprint density at radius 3 is 1.11 bits per heavy atom. The lowest BCUT2D eigenvalue weighted by atomic mass is 10.0. The van der Waals surface area contributed by atoms with Crippen molar-refractivity contribution in [3.8, 4) is 0 Å². The summed E-state index contributed by atoms with van der Waals surface area (Å²) in [6.07, 6.45) is 16.8. The lowest BCUT2D eigenvalue weighted by molar-refractivity contribution is 0.529. The predicted octanol–water partition coefficient (Wildman–Crippen LogP) is 8.75. The van der Waals surface area contributed by atoms with Gasteiger partial charge in [-0.15, -0.1) is 0 Å². The van der Waals surface area contributed by atoms with Crippen molar-refractivity contribution >= 4 is 19.7 Å². The lowest BCUT2D eigenvalue weighted by Gasteiger charge is -2.19. The van der Waals surface area contributed by atoms with E-state index >= 15 is 0 Å². The Labute approximate surface area is 227 Å². The molecule has 0 atom stereocenters. The Kier molecular flexibility index (Phi) is 13.9. The zero-order valence-corrected chi connectivity index (χ0v) is 24.9. The first-order valence-corrected chi connectivity index (χ1v) is 17.4. The number of hydrogen-bond acceptors (Lipinski definition) is 4. The van der Waals surface area contributed by atoms with Gasteiger partial charge in [0.15, 0.2) is 24.3 Å². The maximum atomic E-state index is 13.5. The summed E-state index contributed by atoms with van der Waals surface area (Å²) in [6.45, 7) is 6.01. The molecular weight excluding hydrogens is 500 g/mol. The Morgan fingerprint density at radius 1 is 0.486 bits per heavy atom. The third kappa shape index (κ3) is 10.6. The summed E-state index contributed by atoms with van der Waals surface area (Å²) < 4.78 is 52.6. The largest absolute Gasteiger partial charge is 0.222 e. The van der Waals surface area contributed by atoms with Crippen LogP contribution in [0.1, 0.15) is 114 Å². The van der Waals surface area contributed by atoms with E-state index in [1.54, 1.807) is 24.3 Å². The van der Waals surface area contributed by atoms with Gasteiger partial charge in [-0.25, -0.2) is 16.8 Å². The molecule has 0 unspecified atom stereocenters. The lowest BCUT2D eigenvalue weighted by Crippen LogP contribution is -2.31. The highest BCUT2D eigenvalue weighted by Crippen LogP contribution is 2.30. The SMILES string of the molecule is CCCCCCCCCCCCCCCCC(S(=O)(=O)c1ccc(C)cc1)S(=O)(=O)c1ccc(C)cc1. The second kappa shape index (κ2) is 16.3. The fourth-order valence-corrected chi connectivity index (χ4v) is 9.33. The fourth-order valence-electron chi connectivity index (χ4n) is 4.74. The first kappa shape index (κ1) is 31.6. The van der Waals surface area contributed by atoms with E-state index in [2.05, 4.69) is 6.92 Å². The minimum atomic E-state index is -4.04. The average Bonchev–Trinajstić information content (AvgIpc) is 2.86. The maximum Gasteiger partial charge on any atom is 0.195 e. The van der Waals surface area contributed by atoms with Crippen LogP contribution < -0.4 is 0 Å². The van der Waals surface area contributed by atoms with Gasteiger partial charge >= 0.3 is 0 Å². The molecule has 2 aromatic carbocycles. The molecule has 0 fully saturated rings. The standard InChI is InChI=1S/C31H48O4S2/c1-4-5-6-7-8-9-10-11-12-13-14-15-16-17-18-31(36(32,33)29-23-19-27(2)20-24-29)37(34,35)30-25-21-28(3)22-26-30/h19-26,31H,4-18H2,1-3H3. The number of unbranched alkanes of at least 4 members (excludes halogenated alkanes) is 13. The van der Waals surface area contributed by atoms with Crippen molar-refractivity contribution < 1.29 is 16.8 Å². The van der Waals surface area contributed by atoms with Crippen LogP contribution in [0.3, 0.4) is 0 Å². The quantitative estimate of drug-likeness (QED) is 0.165. The summed E-state index contributed by atoms with van der Waals surface area (Å²) in [7, 11) is -8.08. The molecular formula is C31H48O4S2. The van der Waals surface area contributed by atoms with Gasteiger partial charge in [-0.3, -0.25) is 0 Å². The zero-order valence-electron chi connectivity index (χ0n) is 23.3. The molecule has 0 aliphatic carbocycles. The van der Waals surface area contributed by atoms with E-state index in [1.807, 2.05) is 13.8 Å². The highest BCUT2D eigenvalue weighted by atomic mass is 32.3. The predicted molar refractivity (Wildman–Crippen MR) is 155 cm³/mol. The molecule has 0 saturated carbocycles. The summed E-state index contributed by atoms with van der Waals surface area (Å²) >= 11 is 0. The third-order valence-corrected chi connectivity index (χ3v) is 12.4. The molecule has 2 rings (SSSR count). The smallest absolute Gasteiger partial charge is 0.195 e. The number of aryl methyl sites for hydroxylation is 2. The van der Waals surface area contributed by atoms with Gasteiger partial charge in [0.25, 0.3) is 0 Å². The first-order chi connectivity index (χ1) is 17.7. The van der Waals surface area contributed by atoms with E-state index < -0.39 is 24.3 Å². The van der Waals surface area contributed by atoms with Crippen molar-refractivity contribution in [2.75, 3.05) is 0 Å². The van der Waals surface area contributed by atoms with E-state index in [-0.39, 0.29) is 16.2 Å². The highest BCUT2D eigenvalue weighted by Gasteiger charge is 2.39. The molecule has 37 heavy (non-hydrogen) atoms. The van der Waals surface area contributed by atoms with Crippen LogP contribution in [0.5, 0.6) is 0 Å². The number of rotatable bonds is 19. The summed E-state index contributed by atoms with van der Waals surface area (Å²) in [6, 6.07) is 13.0. The molecule has 0 saturated heterocycles. The Bertz CT molecular complexity index is 1030. The molecule has 0 radical (unpaired) electrons. The van der Waals surface area contributed by atoms with Gasteiger partial charge in [0.05, 0.1) is 9.79 Å². The van der Waals surface area contributed by atoms with Crippen molar-refractivity contribution in [2.24, 2.45) is 0 Å². The van der Waals surface area contributed by atoms with Gasteiger partial charge in [-0.05, 0) is 44.5 Å². The summed E-state index contributed by atoms with van der Waals surface area (Å²) in [5.41, 5.74) is 1.87. The van der Waals surface area contributed by atoms with Crippen molar-refractivity contribution in [2.45, 2.75) is 131 Å². The molecule has 0 aliphatic rings. The minimum absolute atomic E-state index is 0.0733. The molecule has 0 aliphatic heterocycles. The molecule has 0 amide bonds. The van der Waals surface area contributed by atoms with Crippen LogP contribution in [0.2, 0.25) is 0 Å². The number of hydrogen-bond donors (Lipinski definition) is 0. The highest BCUT2D eigenvalue weighted by molar-refractivity contribution is 8.09. The van der Waals surface area contributed by atoms with Crippen LogP contribution in [-0.4, -0.2) is 21.4 Å². The van der Waals surface area contributed by atoms with Crippen LogP contribution in [-0.2, 0) is 19.7 Å². The van der Waals surface area contributed by atoms with Crippen molar-refractivity contribution in [3.63, 3.8) is 0 Å². The molecule has 0 N–H and O–H groups in total. The average molecular weight is 549 g/mol. The van der Waals surface area contributed by atoms with E-state index in [0.717, 1.165) is 30.4 Å². The molecule has 0 heterocycles. The van der Waals surface area contributed by atoms with Gasteiger partial charge in [-0.1, -0.05) is 132 Å². The molecule has 0 spiro atoms. The number of benzene rings is 2. The van der Waals surface area contributed by atoms with E-state index in [4.69, 9.17) is 0 Å². The van der Waals surface area contributed by atoms with Crippen LogP contribution in [0.25, 0.3) is 0 Å². The topological polar surface area (TPSA) is 68.3 Å². The first-order valence-electron chi connectivity index (χ1n) is 14.3. The summed E-state index contributed by atoms with van der Waals surface area (Å²) in [4.78, 5) is 0.147. The van der Waals surface area contributed by atoms with Crippen LogP contribution >= 0.6 is 0 Å². The van der Waals surface area contributed by atoms with Crippen LogP contribution in [0.15, 0.2) is 58.3 Å². The molecule has 2 aromatic rings. The monoisotopic (exact) mass is 548 g/mol. The second-order valence-corrected chi connectivity index (χ2v) is 15.1. The zero-order chi connectivity index (χ0) is 27.2. The molecule has 6 heteroatoms. The Balaban J connectivity index is 1.87. The van der Waals surface area contributed by atoms with Gasteiger partial charge < -0.3 is 0 Å². The van der Waals surface area contributed by atoms with Gasteiger partial charge in [-0.2, -0.15) is 0 Å². The second-order valence-electron chi connectivity index (χ2n) is 10.5. The van der Waals surface area contributed by atoms with E-state index in [1.165, 1.54) is 88.5 Å². The van der Waals surface area contributed by atoms with Crippen LogP contribution in [0, 0.1) is 13.8 Å². The molecule has 208 valence electrons. The fraction of sp³-hybridized carbons (Fsp3) is 0.613. The third-order valence-electron chi connectivity index (χ3n) is 7.18. The Morgan fingerprint density at radius 2 is 0.784 bits per heavy atom. The minimum Gasteiger partial charge on any atom is -0.222 e. The van der Waals surface area contributed by atoms with Crippen molar-refractivity contribution in [3.05, 3.63) is 59.7 Å². The molecule has 4 nitrogen and oxygen atoms in total. The van der Waals surface area contributed by atoms with E-state index in [0.29, 0.717) is 6.42 Å². The maximum absolute atomic E-state index is 13.5. The summed E-state index contributed by atoms with van der Waals surface area (Å²) in [5.74, 6) is 0.